The summed E-state index contributed by atoms with van der Waals surface area (Å²) >= 11 is 5.00. The zero-order chi connectivity index (χ0) is 17.8. The molecule has 8 heteroatoms. The number of benzene rings is 2. The van der Waals surface area contributed by atoms with Gasteiger partial charge in [-0.15, -0.1) is 10.2 Å². The first-order valence-electron chi connectivity index (χ1n) is 7.43. The third-order valence-electron chi connectivity index (χ3n) is 3.62. The van der Waals surface area contributed by atoms with Gasteiger partial charge in [-0.3, -0.25) is 0 Å². The van der Waals surface area contributed by atoms with Crippen molar-refractivity contribution in [3.63, 3.8) is 0 Å². The maximum absolute atomic E-state index is 6.19. The minimum absolute atomic E-state index is 0.604. The number of rotatable bonds is 6. The Morgan fingerprint density at radius 3 is 2.64 bits per heavy atom. The van der Waals surface area contributed by atoms with E-state index < -0.39 is 0 Å². The SMILES string of the molecule is COc1ccc(OC)c(CSc2nnc(-c3ccccc3Br)n2N)c1. The van der Waals surface area contributed by atoms with Gasteiger partial charge in [-0.05, 0) is 30.3 Å². The summed E-state index contributed by atoms with van der Waals surface area (Å²) in [6.45, 7) is 0. The lowest BCUT2D eigenvalue weighted by molar-refractivity contribution is 0.400. The second kappa shape index (κ2) is 7.79. The number of methoxy groups -OCH3 is 2. The molecular weight excluding hydrogens is 404 g/mol. The molecule has 0 fully saturated rings. The summed E-state index contributed by atoms with van der Waals surface area (Å²) in [5, 5.41) is 9.04. The number of hydrogen-bond donors (Lipinski definition) is 1. The average Bonchev–Trinajstić information content (AvgIpc) is 3.00. The van der Waals surface area contributed by atoms with Crippen LogP contribution in [0.4, 0.5) is 0 Å². The maximum Gasteiger partial charge on any atom is 0.210 e. The molecule has 0 saturated carbocycles. The highest BCUT2D eigenvalue weighted by molar-refractivity contribution is 9.10. The summed E-state index contributed by atoms with van der Waals surface area (Å²) in [5.41, 5.74) is 1.89. The summed E-state index contributed by atoms with van der Waals surface area (Å²) < 4.78 is 13.1. The van der Waals surface area contributed by atoms with Gasteiger partial charge in [-0.1, -0.05) is 39.8 Å². The normalized spacial score (nSPS) is 10.7. The van der Waals surface area contributed by atoms with Gasteiger partial charge in [0.2, 0.25) is 5.16 Å². The summed E-state index contributed by atoms with van der Waals surface area (Å²) in [5.74, 6) is 9.00. The molecule has 0 spiro atoms. The van der Waals surface area contributed by atoms with Crippen molar-refractivity contribution in [2.24, 2.45) is 0 Å². The van der Waals surface area contributed by atoms with E-state index in [0.29, 0.717) is 16.7 Å². The van der Waals surface area contributed by atoms with Gasteiger partial charge in [0.1, 0.15) is 11.5 Å². The van der Waals surface area contributed by atoms with Crippen LogP contribution in [0.2, 0.25) is 0 Å². The van der Waals surface area contributed by atoms with Crippen LogP contribution in [-0.4, -0.2) is 29.1 Å². The van der Waals surface area contributed by atoms with Crippen molar-refractivity contribution in [1.82, 2.24) is 14.9 Å². The second-order valence-electron chi connectivity index (χ2n) is 5.12. The molecule has 0 saturated heterocycles. The fourth-order valence-electron chi connectivity index (χ4n) is 2.34. The highest BCUT2D eigenvalue weighted by Crippen LogP contribution is 2.32. The zero-order valence-electron chi connectivity index (χ0n) is 13.8. The molecule has 0 radical (unpaired) electrons. The molecular formula is C17H17BrN4O2S. The van der Waals surface area contributed by atoms with Crippen molar-refractivity contribution in [1.29, 1.82) is 0 Å². The molecule has 2 N–H and O–H groups in total. The minimum atomic E-state index is 0.604. The molecule has 3 rings (SSSR count). The quantitative estimate of drug-likeness (QED) is 0.483. The van der Waals surface area contributed by atoms with E-state index in [0.717, 1.165) is 27.1 Å². The topological polar surface area (TPSA) is 75.2 Å². The van der Waals surface area contributed by atoms with E-state index in [9.17, 15) is 0 Å². The number of halogens is 1. The van der Waals surface area contributed by atoms with E-state index in [1.165, 1.54) is 16.4 Å². The van der Waals surface area contributed by atoms with Crippen molar-refractivity contribution in [3.8, 4) is 22.9 Å². The van der Waals surface area contributed by atoms with Gasteiger partial charge in [0.05, 0.1) is 14.2 Å². The number of nitrogens with two attached hydrogens (primary N) is 1. The van der Waals surface area contributed by atoms with E-state index in [1.54, 1.807) is 14.2 Å². The Morgan fingerprint density at radius 1 is 1.12 bits per heavy atom. The van der Waals surface area contributed by atoms with Gasteiger partial charge in [-0.2, -0.15) is 0 Å². The first-order valence-corrected chi connectivity index (χ1v) is 9.21. The van der Waals surface area contributed by atoms with Gasteiger partial charge in [0, 0.05) is 21.4 Å². The van der Waals surface area contributed by atoms with E-state index in [1.807, 2.05) is 42.5 Å². The van der Waals surface area contributed by atoms with Gasteiger partial charge in [0.25, 0.3) is 0 Å². The van der Waals surface area contributed by atoms with E-state index >= 15 is 0 Å². The first-order chi connectivity index (χ1) is 12.1. The molecule has 130 valence electrons. The number of hydrogen-bond acceptors (Lipinski definition) is 6. The van der Waals surface area contributed by atoms with Crippen LogP contribution in [0.1, 0.15) is 5.56 Å². The van der Waals surface area contributed by atoms with Crippen LogP contribution in [0.25, 0.3) is 11.4 Å². The molecule has 6 nitrogen and oxygen atoms in total. The molecule has 0 bridgehead atoms. The van der Waals surface area contributed by atoms with Crippen molar-refractivity contribution in [2.45, 2.75) is 10.9 Å². The predicted molar refractivity (Wildman–Crippen MR) is 102 cm³/mol. The Hall–Kier alpha value is -2.19. The fraction of sp³-hybridized carbons (Fsp3) is 0.176. The van der Waals surface area contributed by atoms with E-state index in [4.69, 9.17) is 15.3 Å². The largest absolute Gasteiger partial charge is 0.497 e. The molecule has 1 heterocycles. The van der Waals surface area contributed by atoms with Gasteiger partial charge < -0.3 is 15.3 Å². The molecule has 0 aliphatic carbocycles. The molecule has 1 aromatic heterocycles. The van der Waals surface area contributed by atoms with Crippen molar-refractivity contribution in [2.75, 3.05) is 20.1 Å². The lowest BCUT2D eigenvalue weighted by atomic mass is 10.2. The maximum atomic E-state index is 6.19. The van der Waals surface area contributed by atoms with Crippen LogP contribution >= 0.6 is 27.7 Å². The van der Waals surface area contributed by atoms with Crippen LogP contribution in [0.5, 0.6) is 11.5 Å². The highest BCUT2D eigenvalue weighted by Gasteiger charge is 2.15. The minimum Gasteiger partial charge on any atom is -0.497 e. The van der Waals surface area contributed by atoms with Gasteiger partial charge >= 0.3 is 0 Å². The summed E-state index contributed by atoms with van der Waals surface area (Å²) in [7, 11) is 3.28. The molecule has 25 heavy (non-hydrogen) atoms. The van der Waals surface area contributed by atoms with Crippen LogP contribution in [0, 0.1) is 0 Å². The first kappa shape index (κ1) is 17.6. The van der Waals surface area contributed by atoms with Crippen LogP contribution in [-0.2, 0) is 5.75 Å². The Labute approximate surface area is 158 Å². The van der Waals surface area contributed by atoms with E-state index in [-0.39, 0.29) is 0 Å². The third-order valence-corrected chi connectivity index (χ3v) is 5.31. The smallest absolute Gasteiger partial charge is 0.210 e. The molecule has 0 amide bonds. The Morgan fingerprint density at radius 2 is 1.92 bits per heavy atom. The lowest BCUT2D eigenvalue weighted by Gasteiger charge is -2.10. The van der Waals surface area contributed by atoms with Crippen molar-refractivity contribution < 1.29 is 9.47 Å². The highest BCUT2D eigenvalue weighted by atomic mass is 79.9. The molecule has 2 aromatic carbocycles. The van der Waals surface area contributed by atoms with Crippen LogP contribution in [0.15, 0.2) is 52.1 Å². The fourth-order valence-corrected chi connectivity index (χ4v) is 3.64. The van der Waals surface area contributed by atoms with Crippen LogP contribution in [0.3, 0.4) is 0 Å². The average molecular weight is 421 g/mol. The molecule has 0 atom stereocenters. The number of nitrogen functional groups attached to an aromatic ring is 1. The van der Waals surface area contributed by atoms with Gasteiger partial charge in [-0.25, -0.2) is 4.68 Å². The Bertz CT molecular complexity index is 885. The Kier molecular flexibility index (Phi) is 5.50. The van der Waals surface area contributed by atoms with E-state index in [2.05, 4.69) is 26.1 Å². The lowest BCUT2D eigenvalue weighted by Crippen LogP contribution is -2.11. The number of aromatic nitrogens is 3. The Balaban J connectivity index is 1.83. The van der Waals surface area contributed by atoms with Crippen LogP contribution < -0.4 is 15.3 Å². The molecule has 0 unspecified atom stereocenters. The second-order valence-corrected chi connectivity index (χ2v) is 6.92. The van der Waals surface area contributed by atoms with Crippen molar-refractivity contribution in [3.05, 3.63) is 52.5 Å². The number of ether oxygens (including phenoxy) is 2. The van der Waals surface area contributed by atoms with Crippen molar-refractivity contribution >= 4 is 27.7 Å². The summed E-state index contributed by atoms with van der Waals surface area (Å²) in [4.78, 5) is 0. The van der Waals surface area contributed by atoms with Gasteiger partial charge in [0.15, 0.2) is 5.82 Å². The standard InChI is InChI=1S/C17H17BrN4O2S/c1-23-12-7-8-15(24-2)11(9-12)10-25-17-21-20-16(22(17)19)13-5-3-4-6-14(13)18/h3-9H,10,19H2,1-2H3. The number of thioether (sulfide) groups is 1. The monoisotopic (exact) mass is 420 g/mol. The summed E-state index contributed by atoms with van der Waals surface area (Å²) in [6, 6.07) is 13.4. The predicted octanol–water partition coefficient (Wildman–Crippen LogP) is 3.73. The third kappa shape index (κ3) is 3.74. The molecule has 0 aliphatic heterocycles. The number of nitrogens with zero attached hydrogens (tertiary/aromatic N) is 3. The molecule has 0 aliphatic rings. The molecule has 3 aromatic rings. The zero-order valence-corrected chi connectivity index (χ0v) is 16.2. The summed E-state index contributed by atoms with van der Waals surface area (Å²) in [6.07, 6.45) is 0.